The summed E-state index contributed by atoms with van der Waals surface area (Å²) < 4.78 is 37.6. The van der Waals surface area contributed by atoms with Gasteiger partial charge in [0.15, 0.2) is 0 Å². The monoisotopic (exact) mass is 341 g/mol. The molecule has 23 heavy (non-hydrogen) atoms. The lowest BCUT2D eigenvalue weighted by atomic mass is 10.3. The maximum Gasteiger partial charge on any atom is 0.446 e. The van der Waals surface area contributed by atoms with Gasteiger partial charge >= 0.3 is 11.5 Å². The minimum Gasteiger partial charge on any atom is -0.322 e. The van der Waals surface area contributed by atoms with Gasteiger partial charge in [-0.2, -0.15) is 13.2 Å². The fourth-order valence-electron chi connectivity index (χ4n) is 1.80. The van der Waals surface area contributed by atoms with Gasteiger partial charge in [0.1, 0.15) is 0 Å². The van der Waals surface area contributed by atoms with Crippen molar-refractivity contribution in [3.8, 4) is 0 Å². The third-order valence-corrected chi connectivity index (χ3v) is 3.63. The second kappa shape index (κ2) is 7.36. The van der Waals surface area contributed by atoms with Gasteiger partial charge < -0.3 is 10.2 Å². The number of anilines is 1. The molecule has 122 valence electrons. The number of urea groups is 1. The number of aromatic nitrogens is 1. The second-order valence-electron chi connectivity index (χ2n) is 4.65. The molecule has 1 heterocycles. The molecular weight excluding hydrogens is 327 g/mol. The Morgan fingerprint density at radius 2 is 1.91 bits per heavy atom. The molecular formula is C15H14F3N3OS. The number of alkyl halides is 3. The van der Waals surface area contributed by atoms with E-state index in [4.69, 9.17) is 0 Å². The number of benzene rings is 1. The molecule has 0 aliphatic heterocycles. The van der Waals surface area contributed by atoms with Crippen LogP contribution in [0.4, 0.5) is 23.7 Å². The molecule has 4 nitrogen and oxygen atoms in total. The molecule has 0 aliphatic rings. The van der Waals surface area contributed by atoms with Crippen LogP contribution in [0, 0.1) is 0 Å². The third-order valence-electron chi connectivity index (χ3n) is 2.83. The average Bonchev–Trinajstić information content (AvgIpc) is 2.48. The number of thioether (sulfide) groups is 1. The molecule has 0 saturated heterocycles. The molecule has 0 saturated carbocycles. The summed E-state index contributed by atoms with van der Waals surface area (Å²) in [7, 11) is 1.55. The van der Waals surface area contributed by atoms with Gasteiger partial charge in [0.2, 0.25) is 0 Å². The molecule has 0 aliphatic carbocycles. The van der Waals surface area contributed by atoms with E-state index in [1.54, 1.807) is 37.5 Å². The quantitative estimate of drug-likeness (QED) is 0.841. The van der Waals surface area contributed by atoms with Crippen LogP contribution in [0.2, 0.25) is 0 Å². The van der Waals surface area contributed by atoms with Crippen LogP contribution in [-0.2, 0) is 6.54 Å². The molecule has 2 amide bonds. The van der Waals surface area contributed by atoms with Crippen molar-refractivity contribution >= 4 is 23.5 Å². The number of nitrogens with zero attached hydrogens (tertiary/aromatic N) is 2. The Morgan fingerprint density at radius 3 is 2.57 bits per heavy atom. The van der Waals surface area contributed by atoms with E-state index >= 15 is 0 Å². The average molecular weight is 341 g/mol. The zero-order valence-electron chi connectivity index (χ0n) is 12.2. The van der Waals surface area contributed by atoms with Gasteiger partial charge in [-0.15, -0.1) is 0 Å². The molecule has 0 bridgehead atoms. The molecule has 0 spiro atoms. The van der Waals surface area contributed by atoms with Crippen molar-refractivity contribution in [2.45, 2.75) is 16.9 Å². The Kier molecular flexibility index (Phi) is 5.49. The number of rotatable bonds is 4. The van der Waals surface area contributed by atoms with E-state index in [0.717, 1.165) is 0 Å². The third kappa shape index (κ3) is 5.48. The standard InChI is InChI=1S/C15H14F3N3OS/c1-21(10-11-6-4-5-9-19-11)14(22)20-12-7-2-3-8-13(12)23-15(16,17)18/h2-9H,10H2,1H3,(H,20,22). The highest BCUT2D eigenvalue weighted by molar-refractivity contribution is 8.00. The summed E-state index contributed by atoms with van der Waals surface area (Å²) >= 11 is -0.261. The van der Waals surface area contributed by atoms with E-state index in [-0.39, 0.29) is 28.9 Å². The zero-order valence-corrected chi connectivity index (χ0v) is 13.0. The molecule has 8 heteroatoms. The van der Waals surface area contributed by atoms with E-state index in [2.05, 4.69) is 10.3 Å². The molecule has 1 aromatic heterocycles. The number of nitrogens with one attached hydrogen (secondary N) is 1. The highest BCUT2D eigenvalue weighted by Gasteiger charge is 2.30. The predicted molar refractivity (Wildman–Crippen MR) is 83.1 cm³/mol. The van der Waals surface area contributed by atoms with Gasteiger partial charge in [-0.3, -0.25) is 4.98 Å². The fraction of sp³-hybridized carbons (Fsp3) is 0.200. The van der Waals surface area contributed by atoms with Crippen LogP contribution in [0.25, 0.3) is 0 Å². The number of para-hydroxylation sites is 1. The van der Waals surface area contributed by atoms with Gasteiger partial charge in [-0.25, -0.2) is 4.79 Å². The number of hydrogen-bond acceptors (Lipinski definition) is 3. The molecule has 1 N–H and O–H groups in total. The van der Waals surface area contributed by atoms with Crippen LogP contribution in [-0.4, -0.2) is 28.5 Å². The first kappa shape index (κ1) is 17.1. The van der Waals surface area contributed by atoms with Crippen LogP contribution in [0.3, 0.4) is 0 Å². The number of carbonyl (C=O) groups is 1. The van der Waals surface area contributed by atoms with Gasteiger partial charge in [0.05, 0.1) is 17.9 Å². The Bertz CT molecular complexity index is 665. The first-order valence-electron chi connectivity index (χ1n) is 6.62. The summed E-state index contributed by atoms with van der Waals surface area (Å²) in [5.74, 6) is 0. The topological polar surface area (TPSA) is 45.2 Å². The second-order valence-corrected chi connectivity index (χ2v) is 5.76. The largest absolute Gasteiger partial charge is 0.446 e. The number of hydrogen-bond donors (Lipinski definition) is 1. The molecule has 0 radical (unpaired) electrons. The minimum absolute atomic E-state index is 0.0559. The van der Waals surface area contributed by atoms with Crippen LogP contribution in [0.5, 0.6) is 0 Å². The van der Waals surface area contributed by atoms with Crippen LogP contribution >= 0.6 is 11.8 Å². The Balaban J connectivity index is 2.05. The maximum atomic E-state index is 12.5. The number of carbonyl (C=O) groups excluding carboxylic acids is 1. The summed E-state index contributed by atoms with van der Waals surface area (Å²) in [5.41, 5.74) is -3.61. The number of pyridine rings is 1. The SMILES string of the molecule is CN(Cc1ccccn1)C(=O)Nc1ccccc1SC(F)(F)F. The smallest absolute Gasteiger partial charge is 0.322 e. The molecule has 1 aromatic carbocycles. The highest BCUT2D eigenvalue weighted by atomic mass is 32.2. The van der Waals surface area contributed by atoms with Gasteiger partial charge in [0.25, 0.3) is 0 Å². The highest BCUT2D eigenvalue weighted by Crippen LogP contribution is 2.40. The van der Waals surface area contributed by atoms with E-state index in [1.807, 2.05) is 0 Å². The normalized spacial score (nSPS) is 11.1. The molecule has 0 fully saturated rings. The maximum absolute atomic E-state index is 12.5. The Labute approximate surface area is 135 Å². The van der Waals surface area contributed by atoms with Crippen molar-refractivity contribution in [1.82, 2.24) is 9.88 Å². The van der Waals surface area contributed by atoms with Crippen LogP contribution in [0.1, 0.15) is 5.69 Å². The minimum atomic E-state index is -4.42. The van der Waals surface area contributed by atoms with Crippen molar-refractivity contribution in [2.24, 2.45) is 0 Å². The summed E-state index contributed by atoms with van der Waals surface area (Å²) in [5, 5.41) is 2.49. The van der Waals surface area contributed by atoms with Crippen LogP contribution < -0.4 is 5.32 Å². The molecule has 2 rings (SSSR count). The molecule has 2 aromatic rings. The summed E-state index contributed by atoms with van der Waals surface area (Å²) in [6, 6.07) is 10.6. The summed E-state index contributed by atoms with van der Waals surface area (Å²) in [4.78, 5) is 17.5. The lowest BCUT2D eigenvalue weighted by Crippen LogP contribution is -2.31. The van der Waals surface area contributed by atoms with Gasteiger partial charge in [0, 0.05) is 18.1 Å². The molecule has 0 atom stereocenters. The van der Waals surface area contributed by atoms with Crippen molar-refractivity contribution in [3.05, 3.63) is 54.4 Å². The Morgan fingerprint density at radius 1 is 1.22 bits per heavy atom. The van der Waals surface area contributed by atoms with Crippen molar-refractivity contribution < 1.29 is 18.0 Å². The fourth-order valence-corrected chi connectivity index (χ4v) is 2.43. The number of amides is 2. The van der Waals surface area contributed by atoms with E-state index in [0.29, 0.717) is 5.69 Å². The first-order valence-corrected chi connectivity index (χ1v) is 7.43. The van der Waals surface area contributed by atoms with E-state index < -0.39 is 11.5 Å². The van der Waals surface area contributed by atoms with Crippen molar-refractivity contribution in [2.75, 3.05) is 12.4 Å². The van der Waals surface area contributed by atoms with Crippen LogP contribution in [0.15, 0.2) is 53.6 Å². The van der Waals surface area contributed by atoms with Crippen molar-refractivity contribution in [1.29, 1.82) is 0 Å². The summed E-state index contributed by atoms with van der Waals surface area (Å²) in [6.07, 6.45) is 1.61. The molecule has 0 unspecified atom stereocenters. The van der Waals surface area contributed by atoms with E-state index in [1.165, 1.54) is 23.1 Å². The predicted octanol–water partition coefficient (Wildman–Crippen LogP) is 4.36. The summed E-state index contributed by atoms with van der Waals surface area (Å²) in [6.45, 7) is 0.251. The first-order chi connectivity index (χ1) is 10.8. The van der Waals surface area contributed by atoms with Gasteiger partial charge in [-0.1, -0.05) is 18.2 Å². The van der Waals surface area contributed by atoms with E-state index in [9.17, 15) is 18.0 Å². The van der Waals surface area contributed by atoms with Crippen molar-refractivity contribution in [3.63, 3.8) is 0 Å². The van der Waals surface area contributed by atoms with Gasteiger partial charge in [-0.05, 0) is 36.0 Å². The number of halogens is 3. The Hall–Kier alpha value is -2.22. The lowest BCUT2D eigenvalue weighted by Gasteiger charge is -2.19. The lowest BCUT2D eigenvalue weighted by molar-refractivity contribution is -0.0328. The zero-order chi connectivity index (χ0) is 16.9.